The monoisotopic (exact) mass is 280 g/mol. The highest BCUT2D eigenvalue weighted by Gasteiger charge is 2.57. The van der Waals surface area contributed by atoms with Crippen molar-refractivity contribution in [3.8, 4) is 0 Å². The van der Waals surface area contributed by atoms with E-state index in [9.17, 15) is 4.79 Å². The van der Waals surface area contributed by atoms with Crippen molar-refractivity contribution in [2.24, 2.45) is 12.5 Å². The Labute approximate surface area is 125 Å². The molecule has 3 nitrogen and oxygen atoms in total. The fourth-order valence-corrected chi connectivity index (χ4v) is 3.49. The molecular weight excluding hydrogens is 260 g/mol. The lowest BCUT2D eigenvalue weighted by Crippen LogP contribution is -2.48. The zero-order valence-corrected chi connectivity index (χ0v) is 12.7. The Kier molecular flexibility index (Phi) is 2.84. The quantitative estimate of drug-likeness (QED) is 0.858. The second kappa shape index (κ2) is 4.35. The third-order valence-corrected chi connectivity index (χ3v) is 4.72. The van der Waals surface area contributed by atoms with Crippen molar-refractivity contribution in [2.45, 2.75) is 19.3 Å². The van der Waals surface area contributed by atoms with E-state index >= 15 is 0 Å². The number of nitrogens with one attached hydrogen (secondary N) is 1. The zero-order chi connectivity index (χ0) is 15.3. The number of hydrogen-bond acceptors (Lipinski definition) is 1. The van der Waals surface area contributed by atoms with Gasteiger partial charge in [-0.3, -0.25) is 4.79 Å². The first-order valence-corrected chi connectivity index (χ1v) is 7.11. The zero-order valence-electron chi connectivity index (χ0n) is 12.7. The topological polar surface area (TPSA) is 34.0 Å². The number of fused-ring (bicyclic) bond motifs is 1. The molecule has 1 amide bonds. The molecule has 0 fully saturated rings. The molecule has 0 unspecified atom stereocenters. The molecule has 1 N–H and O–H groups in total. The van der Waals surface area contributed by atoms with E-state index in [2.05, 4.69) is 25.7 Å². The SMILES string of the molecule is C=CC(C)(C)[C@@]1(c2cccn2C)C(=O)Nc2ccccc21. The maximum Gasteiger partial charge on any atom is 0.242 e. The van der Waals surface area contributed by atoms with E-state index in [1.807, 2.05) is 60.3 Å². The molecule has 0 spiro atoms. The predicted octanol–water partition coefficient (Wildman–Crippen LogP) is 3.48. The Morgan fingerprint density at radius 2 is 1.95 bits per heavy atom. The molecule has 0 saturated carbocycles. The Morgan fingerprint density at radius 3 is 2.57 bits per heavy atom. The number of carbonyl (C=O) groups excluding carboxylic acids is 1. The molecule has 0 bridgehead atoms. The second-order valence-corrected chi connectivity index (χ2v) is 6.18. The van der Waals surface area contributed by atoms with E-state index in [1.165, 1.54) is 0 Å². The summed E-state index contributed by atoms with van der Waals surface area (Å²) in [4.78, 5) is 13.0. The van der Waals surface area contributed by atoms with E-state index in [1.54, 1.807) is 0 Å². The molecule has 2 heterocycles. The number of para-hydroxylation sites is 1. The highest BCUT2D eigenvalue weighted by molar-refractivity contribution is 6.09. The van der Waals surface area contributed by atoms with Crippen molar-refractivity contribution < 1.29 is 4.79 Å². The van der Waals surface area contributed by atoms with Gasteiger partial charge in [-0.05, 0) is 23.8 Å². The summed E-state index contributed by atoms with van der Waals surface area (Å²) in [6, 6.07) is 11.9. The maximum atomic E-state index is 13.0. The highest BCUT2D eigenvalue weighted by atomic mass is 16.2. The standard InChI is InChI=1S/C18H20N2O/c1-5-17(2,3)18(15-11-8-12-20(15)4)13-9-6-7-10-14(13)19-16(18)21/h5-12H,1H2,2-4H3,(H,19,21)/t18-/m0/s1. The van der Waals surface area contributed by atoms with Gasteiger partial charge in [0.15, 0.2) is 0 Å². The number of hydrogen-bond donors (Lipinski definition) is 1. The smallest absolute Gasteiger partial charge is 0.242 e. The molecule has 108 valence electrons. The van der Waals surface area contributed by atoms with Crippen LogP contribution in [0.4, 0.5) is 5.69 Å². The fourth-order valence-electron chi connectivity index (χ4n) is 3.49. The van der Waals surface area contributed by atoms with Gasteiger partial charge in [0.25, 0.3) is 0 Å². The van der Waals surface area contributed by atoms with E-state index in [0.717, 1.165) is 16.9 Å². The van der Waals surface area contributed by atoms with Crippen molar-refractivity contribution in [2.75, 3.05) is 5.32 Å². The van der Waals surface area contributed by atoms with Gasteiger partial charge in [-0.1, -0.05) is 38.1 Å². The highest BCUT2D eigenvalue weighted by Crippen LogP contribution is 2.53. The van der Waals surface area contributed by atoms with Gasteiger partial charge in [0.2, 0.25) is 5.91 Å². The Bertz CT molecular complexity index is 726. The maximum absolute atomic E-state index is 13.0. The second-order valence-electron chi connectivity index (χ2n) is 6.18. The molecule has 3 rings (SSSR count). The number of amides is 1. The third-order valence-electron chi connectivity index (χ3n) is 4.72. The van der Waals surface area contributed by atoms with Crippen molar-refractivity contribution >= 4 is 11.6 Å². The minimum atomic E-state index is -0.760. The summed E-state index contributed by atoms with van der Waals surface area (Å²) in [5, 5.41) is 3.04. The van der Waals surface area contributed by atoms with E-state index < -0.39 is 10.8 Å². The fraction of sp³-hybridized carbons (Fsp3) is 0.278. The molecule has 1 aliphatic rings. The molecule has 1 atom stereocenters. The average molecular weight is 280 g/mol. The van der Waals surface area contributed by atoms with Crippen LogP contribution in [-0.2, 0) is 17.3 Å². The number of anilines is 1. The van der Waals surface area contributed by atoms with Gasteiger partial charge in [-0.25, -0.2) is 0 Å². The Hall–Kier alpha value is -2.29. The first-order chi connectivity index (χ1) is 9.95. The summed E-state index contributed by atoms with van der Waals surface area (Å²) >= 11 is 0. The molecule has 1 aliphatic heterocycles. The first-order valence-electron chi connectivity index (χ1n) is 7.11. The van der Waals surface area contributed by atoms with Crippen LogP contribution in [-0.4, -0.2) is 10.5 Å². The van der Waals surface area contributed by atoms with Gasteiger partial charge in [0, 0.05) is 30.0 Å². The van der Waals surface area contributed by atoms with E-state index in [-0.39, 0.29) is 5.91 Å². The molecular formula is C18H20N2O. The van der Waals surface area contributed by atoms with Crippen LogP contribution < -0.4 is 5.32 Å². The number of aromatic nitrogens is 1. The Balaban J connectivity index is 2.42. The van der Waals surface area contributed by atoms with E-state index in [4.69, 9.17) is 0 Å². The van der Waals surface area contributed by atoms with Crippen molar-refractivity contribution in [3.63, 3.8) is 0 Å². The van der Waals surface area contributed by atoms with Gasteiger partial charge < -0.3 is 9.88 Å². The summed E-state index contributed by atoms with van der Waals surface area (Å²) in [5.74, 6) is 0.00963. The van der Waals surface area contributed by atoms with E-state index in [0.29, 0.717) is 0 Å². The molecule has 1 aromatic carbocycles. The van der Waals surface area contributed by atoms with Crippen LogP contribution in [0, 0.1) is 5.41 Å². The summed E-state index contributed by atoms with van der Waals surface area (Å²) in [6.07, 6.45) is 3.85. The number of aryl methyl sites for hydroxylation is 1. The Morgan fingerprint density at radius 1 is 1.24 bits per heavy atom. The van der Waals surface area contributed by atoms with Crippen LogP contribution in [0.25, 0.3) is 0 Å². The molecule has 2 aromatic rings. The number of benzene rings is 1. The number of nitrogens with zero attached hydrogens (tertiary/aromatic N) is 1. The van der Waals surface area contributed by atoms with Crippen LogP contribution in [0.15, 0.2) is 55.3 Å². The molecule has 3 heteroatoms. The minimum Gasteiger partial charge on any atom is -0.353 e. The largest absolute Gasteiger partial charge is 0.353 e. The molecule has 0 radical (unpaired) electrons. The minimum absolute atomic E-state index is 0.00963. The summed E-state index contributed by atoms with van der Waals surface area (Å²) in [6.45, 7) is 8.11. The average Bonchev–Trinajstić information content (AvgIpc) is 3.00. The predicted molar refractivity (Wildman–Crippen MR) is 85.2 cm³/mol. The molecule has 21 heavy (non-hydrogen) atoms. The van der Waals surface area contributed by atoms with Crippen LogP contribution in [0.3, 0.4) is 0 Å². The van der Waals surface area contributed by atoms with Crippen LogP contribution in [0.1, 0.15) is 25.1 Å². The normalized spacial score (nSPS) is 21.0. The molecule has 1 aromatic heterocycles. The van der Waals surface area contributed by atoms with Gasteiger partial charge in [-0.15, -0.1) is 6.58 Å². The van der Waals surface area contributed by atoms with Gasteiger partial charge in [0.1, 0.15) is 5.41 Å². The number of carbonyl (C=O) groups is 1. The summed E-state index contributed by atoms with van der Waals surface area (Å²) in [5.41, 5.74) is 1.70. The number of allylic oxidation sites excluding steroid dienone is 1. The van der Waals surface area contributed by atoms with Gasteiger partial charge in [-0.2, -0.15) is 0 Å². The number of rotatable bonds is 3. The molecule has 0 saturated heterocycles. The van der Waals surface area contributed by atoms with Gasteiger partial charge in [0.05, 0.1) is 0 Å². The van der Waals surface area contributed by atoms with Crippen LogP contribution in [0.5, 0.6) is 0 Å². The lowest BCUT2D eigenvalue weighted by Gasteiger charge is -2.41. The van der Waals surface area contributed by atoms with Crippen LogP contribution >= 0.6 is 0 Å². The summed E-state index contributed by atoms with van der Waals surface area (Å²) in [7, 11) is 1.98. The lowest BCUT2D eigenvalue weighted by atomic mass is 9.60. The van der Waals surface area contributed by atoms with Crippen molar-refractivity contribution in [3.05, 3.63) is 66.5 Å². The van der Waals surface area contributed by atoms with Crippen molar-refractivity contribution in [1.82, 2.24) is 4.57 Å². The first kappa shape index (κ1) is 13.7. The summed E-state index contributed by atoms with van der Waals surface area (Å²) < 4.78 is 2.02. The molecule has 0 aliphatic carbocycles. The third kappa shape index (κ3) is 1.57. The van der Waals surface area contributed by atoms with Gasteiger partial charge >= 0.3 is 0 Å². The lowest BCUT2D eigenvalue weighted by molar-refractivity contribution is -0.122. The van der Waals surface area contributed by atoms with Crippen LogP contribution in [0.2, 0.25) is 0 Å². The van der Waals surface area contributed by atoms with Crippen molar-refractivity contribution in [1.29, 1.82) is 0 Å².